The van der Waals surface area contributed by atoms with Gasteiger partial charge in [-0.15, -0.1) is 0 Å². The number of amides is 1. The van der Waals surface area contributed by atoms with Gasteiger partial charge in [0.15, 0.2) is 11.5 Å². The highest BCUT2D eigenvalue weighted by molar-refractivity contribution is 5.94. The van der Waals surface area contributed by atoms with E-state index in [4.69, 9.17) is 9.26 Å². The molecule has 0 saturated carbocycles. The van der Waals surface area contributed by atoms with Crippen molar-refractivity contribution in [1.82, 2.24) is 10.1 Å². The number of benzene rings is 2. The molecule has 0 N–H and O–H groups in total. The van der Waals surface area contributed by atoms with Crippen LogP contribution in [0.1, 0.15) is 36.7 Å². The minimum absolute atomic E-state index is 0.0438. The highest BCUT2D eigenvalue weighted by Gasteiger charge is 2.26. The van der Waals surface area contributed by atoms with Crippen LogP contribution in [0.25, 0.3) is 22.1 Å². The minimum atomic E-state index is -0.0438. The first-order valence-electron chi connectivity index (χ1n) is 9.01. The first-order chi connectivity index (χ1) is 12.7. The second-order valence-electron chi connectivity index (χ2n) is 6.85. The van der Waals surface area contributed by atoms with Gasteiger partial charge in [0.05, 0.1) is 7.11 Å². The third-order valence-electron chi connectivity index (χ3n) is 5.13. The fraction of sp³-hybridized carbons (Fsp3) is 0.333. The van der Waals surface area contributed by atoms with Crippen molar-refractivity contribution >= 4 is 16.7 Å². The van der Waals surface area contributed by atoms with Crippen molar-refractivity contribution < 1.29 is 14.1 Å². The molecule has 26 heavy (non-hydrogen) atoms. The second kappa shape index (κ2) is 6.83. The van der Waals surface area contributed by atoms with E-state index in [-0.39, 0.29) is 11.9 Å². The molecule has 0 aliphatic carbocycles. The van der Waals surface area contributed by atoms with Gasteiger partial charge in [0.2, 0.25) is 0 Å². The molecule has 1 aliphatic rings. The van der Waals surface area contributed by atoms with Crippen molar-refractivity contribution in [3.63, 3.8) is 0 Å². The van der Waals surface area contributed by atoms with Crippen LogP contribution < -0.4 is 4.74 Å². The van der Waals surface area contributed by atoms with E-state index in [2.05, 4.69) is 12.1 Å². The molecule has 1 aromatic heterocycles. The summed E-state index contributed by atoms with van der Waals surface area (Å²) in [5.74, 6) is 1.39. The topological polar surface area (TPSA) is 55.6 Å². The maximum absolute atomic E-state index is 12.7. The fourth-order valence-corrected chi connectivity index (χ4v) is 3.56. The molecule has 3 aromatic rings. The van der Waals surface area contributed by atoms with E-state index < -0.39 is 0 Å². The van der Waals surface area contributed by atoms with Crippen LogP contribution in [-0.2, 0) is 0 Å². The van der Waals surface area contributed by atoms with Crippen molar-refractivity contribution in [3.8, 4) is 17.1 Å². The first kappa shape index (κ1) is 16.6. The lowest BCUT2D eigenvalue weighted by atomic mass is 10.0. The number of aromatic nitrogens is 1. The normalized spacial score (nSPS) is 17.5. The Bertz CT molecular complexity index is 947. The Hall–Kier alpha value is -2.82. The number of methoxy groups -OCH3 is 1. The van der Waals surface area contributed by atoms with E-state index in [0.29, 0.717) is 11.5 Å². The molecule has 5 heteroatoms. The summed E-state index contributed by atoms with van der Waals surface area (Å²) in [4.78, 5) is 14.6. The minimum Gasteiger partial charge on any atom is -0.497 e. The van der Waals surface area contributed by atoms with E-state index in [9.17, 15) is 4.79 Å². The van der Waals surface area contributed by atoms with Crippen LogP contribution in [0.4, 0.5) is 0 Å². The van der Waals surface area contributed by atoms with Crippen LogP contribution >= 0.6 is 0 Å². The molecule has 1 saturated heterocycles. The summed E-state index contributed by atoms with van der Waals surface area (Å²) in [5.41, 5.74) is 1.28. The van der Waals surface area contributed by atoms with Crippen molar-refractivity contribution in [3.05, 3.63) is 48.2 Å². The summed E-state index contributed by atoms with van der Waals surface area (Å²) >= 11 is 0. The Kier molecular flexibility index (Phi) is 4.37. The van der Waals surface area contributed by atoms with Gasteiger partial charge in [0, 0.05) is 24.2 Å². The second-order valence-corrected chi connectivity index (χ2v) is 6.85. The predicted octanol–water partition coefficient (Wildman–Crippen LogP) is 4.52. The van der Waals surface area contributed by atoms with Crippen LogP contribution in [0.5, 0.6) is 5.75 Å². The lowest BCUT2D eigenvalue weighted by Gasteiger charge is -2.32. The molecule has 134 valence electrons. The van der Waals surface area contributed by atoms with E-state index in [1.165, 1.54) is 6.42 Å². The monoisotopic (exact) mass is 350 g/mol. The highest BCUT2D eigenvalue weighted by atomic mass is 16.5. The number of carbonyl (C=O) groups excluding carboxylic acids is 1. The van der Waals surface area contributed by atoms with E-state index in [1.54, 1.807) is 13.2 Å². The average molecular weight is 350 g/mol. The lowest BCUT2D eigenvalue weighted by molar-refractivity contribution is 0.0625. The van der Waals surface area contributed by atoms with Crippen LogP contribution in [0.15, 0.2) is 47.0 Å². The van der Waals surface area contributed by atoms with Crippen molar-refractivity contribution in [2.45, 2.75) is 32.2 Å². The van der Waals surface area contributed by atoms with Gasteiger partial charge in [0.25, 0.3) is 5.91 Å². The van der Waals surface area contributed by atoms with Gasteiger partial charge in [-0.25, -0.2) is 0 Å². The summed E-state index contributed by atoms with van der Waals surface area (Å²) in [6, 6.07) is 14.0. The van der Waals surface area contributed by atoms with E-state index in [0.717, 1.165) is 41.5 Å². The summed E-state index contributed by atoms with van der Waals surface area (Å²) in [5, 5.41) is 6.19. The third kappa shape index (κ3) is 3.05. The summed E-state index contributed by atoms with van der Waals surface area (Å²) < 4.78 is 10.7. The number of fused-ring (bicyclic) bond motifs is 1. The number of hydrogen-bond acceptors (Lipinski definition) is 4. The standard InChI is InChI=1S/C21H22N2O3/c1-14-5-3-4-10-23(14)21(24)19-13-20(26-22-19)17-7-6-16-12-18(25-2)9-8-15(16)11-17/h6-9,11-14H,3-5,10H2,1-2H3. The van der Waals surface area contributed by atoms with Gasteiger partial charge in [-0.05, 0) is 55.2 Å². The lowest BCUT2D eigenvalue weighted by Crippen LogP contribution is -2.42. The summed E-state index contributed by atoms with van der Waals surface area (Å²) in [7, 11) is 1.66. The molecule has 2 aromatic carbocycles. The summed E-state index contributed by atoms with van der Waals surface area (Å²) in [6.07, 6.45) is 3.27. The zero-order chi connectivity index (χ0) is 18.1. The van der Waals surface area contributed by atoms with Gasteiger partial charge in [-0.2, -0.15) is 0 Å². The molecule has 0 radical (unpaired) electrons. The highest BCUT2D eigenvalue weighted by Crippen LogP contribution is 2.28. The van der Waals surface area contributed by atoms with Gasteiger partial charge < -0.3 is 14.2 Å². The van der Waals surface area contributed by atoms with E-state index >= 15 is 0 Å². The summed E-state index contributed by atoms with van der Waals surface area (Å²) in [6.45, 7) is 2.88. The van der Waals surface area contributed by atoms with Crippen molar-refractivity contribution in [2.75, 3.05) is 13.7 Å². The van der Waals surface area contributed by atoms with Crippen molar-refractivity contribution in [1.29, 1.82) is 0 Å². The van der Waals surface area contributed by atoms with Crippen LogP contribution in [0.3, 0.4) is 0 Å². The van der Waals surface area contributed by atoms with Crippen LogP contribution in [0, 0.1) is 0 Å². The molecule has 1 aliphatic heterocycles. The first-order valence-corrected chi connectivity index (χ1v) is 9.01. The molecule has 1 fully saturated rings. The SMILES string of the molecule is COc1ccc2cc(-c3cc(C(=O)N4CCCCC4C)no3)ccc2c1. The fourth-order valence-electron chi connectivity index (χ4n) is 3.56. The Balaban J connectivity index is 1.61. The van der Waals surface area contributed by atoms with Gasteiger partial charge >= 0.3 is 0 Å². The molecule has 1 amide bonds. The molecule has 0 spiro atoms. The molecule has 2 heterocycles. The molecule has 4 rings (SSSR count). The number of likely N-dealkylation sites (tertiary alicyclic amines) is 1. The number of piperidine rings is 1. The quantitative estimate of drug-likeness (QED) is 0.697. The Morgan fingerprint density at radius 2 is 1.96 bits per heavy atom. The maximum atomic E-state index is 12.7. The molecule has 1 unspecified atom stereocenters. The molecular weight excluding hydrogens is 328 g/mol. The number of ether oxygens (including phenoxy) is 1. The van der Waals surface area contributed by atoms with Crippen molar-refractivity contribution in [2.24, 2.45) is 0 Å². The van der Waals surface area contributed by atoms with E-state index in [1.807, 2.05) is 41.3 Å². The molecular formula is C21H22N2O3. The maximum Gasteiger partial charge on any atom is 0.276 e. The number of hydrogen-bond donors (Lipinski definition) is 0. The van der Waals surface area contributed by atoms with Gasteiger partial charge in [0.1, 0.15) is 5.75 Å². The largest absolute Gasteiger partial charge is 0.497 e. The predicted molar refractivity (Wildman–Crippen MR) is 100 cm³/mol. The Morgan fingerprint density at radius 3 is 2.77 bits per heavy atom. The van der Waals surface area contributed by atoms with Crippen LogP contribution in [0.2, 0.25) is 0 Å². The number of rotatable bonds is 3. The molecule has 5 nitrogen and oxygen atoms in total. The van der Waals surface area contributed by atoms with Crippen LogP contribution in [-0.4, -0.2) is 35.7 Å². The Labute approximate surface area is 152 Å². The molecule has 0 bridgehead atoms. The van der Waals surface area contributed by atoms with Gasteiger partial charge in [-0.3, -0.25) is 4.79 Å². The average Bonchev–Trinajstić information content (AvgIpc) is 3.17. The zero-order valence-corrected chi connectivity index (χ0v) is 15.1. The number of carbonyl (C=O) groups is 1. The number of nitrogens with zero attached hydrogens (tertiary/aromatic N) is 2. The van der Waals surface area contributed by atoms with Gasteiger partial charge in [-0.1, -0.05) is 23.4 Å². The third-order valence-corrected chi connectivity index (χ3v) is 5.13. The Morgan fingerprint density at radius 1 is 1.15 bits per heavy atom. The molecule has 1 atom stereocenters. The zero-order valence-electron chi connectivity index (χ0n) is 15.1. The smallest absolute Gasteiger partial charge is 0.276 e.